The first-order valence-corrected chi connectivity index (χ1v) is 6.79. The Bertz CT molecular complexity index is 386. The fraction of sp³-hybridized carbons (Fsp3) is 0.538. The van der Waals surface area contributed by atoms with E-state index >= 15 is 0 Å². The maximum Gasteiger partial charge on any atom is 0.124 e. The highest BCUT2D eigenvalue weighted by Crippen LogP contribution is 2.37. The Morgan fingerprint density at radius 3 is 3.06 bits per heavy atom. The molecular weight excluding hydrogens is 285 g/mol. The van der Waals surface area contributed by atoms with Gasteiger partial charge in [0.2, 0.25) is 0 Å². The van der Waals surface area contributed by atoms with E-state index in [1.54, 1.807) is 0 Å². The van der Waals surface area contributed by atoms with Gasteiger partial charge in [0.05, 0.1) is 6.10 Å². The highest BCUT2D eigenvalue weighted by molar-refractivity contribution is 9.10. The van der Waals surface area contributed by atoms with Gasteiger partial charge in [-0.05, 0) is 30.7 Å². The lowest BCUT2D eigenvalue weighted by molar-refractivity contribution is 0.0900. The molecule has 1 aromatic rings. The van der Waals surface area contributed by atoms with Gasteiger partial charge in [0, 0.05) is 23.5 Å². The summed E-state index contributed by atoms with van der Waals surface area (Å²) in [6, 6.07) is 4.81. The molecule has 1 aliphatic rings. The molecule has 2 rings (SSSR count). The van der Waals surface area contributed by atoms with E-state index in [0.29, 0.717) is 5.92 Å². The van der Waals surface area contributed by atoms with E-state index in [9.17, 15) is 4.39 Å². The van der Waals surface area contributed by atoms with Gasteiger partial charge in [-0.1, -0.05) is 28.9 Å². The van der Waals surface area contributed by atoms with Crippen molar-refractivity contribution in [3.63, 3.8) is 0 Å². The molecule has 4 heteroatoms. The van der Waals surface area contributed by atoms with Crippen LogP contribution in [0.5, 0.6) is 0 Å². The zero-order valence-corrected chi connectivity index (χ0v) is 11.5. The molecule has 94 valence electrons. The molecule has 0 aromatic heterocycles. The summed E-state index contributed by atoms with van der Waals surface area (Å²) in [4.78, 5) is 0. The maximum absolute atomic E-state index is 13.1. The minimum atomic E-state index is -0.221. The molecule has 0 radical (unpaired) electrons. The predicted octanol–water partition coefficient (Wildman–Crippen LogP) is 3.28. The lowest BCUT2D eigenvalue weighted by Gasteiger charge is -2.20. The quantitative estimate of drug-likeness (QED) is 0.921. The normalized spacial score (nSPS) is 24.2. The molecule has 1 aliphatic heterocycles. The van der Waals surface area contributed by atoms with Crippen LogP contribution in [0.2, 0.25) is 0 Å². The molecule has 1 N–H and O–H groups in total. The molecule has 2 nitrogen and oxygen atoms in total. The second kappa shape index (κ2) is 5.94. The van der Waals surface area contributed by atoms with E-state index in [4.69, 9.17) is 4.74 Å². The van der Waals surface area contributed by atoms with Crippen molar-refractivity contribution in [3.05, 3.63) is 34.1 Å². The van der Waals surface area contributed by atoms with Gasteiger partial charge in [-0.3, -0.25) is 0 Å². The van der Waals surface area contributed by atoms with Crippen molar-refractivity contribution >= 4 is 15.9 Å². The highest BCUT2D eigenvalue weighted by atomic mass is 79.9. The Kier molecular flexibility index (Phi) is 4.54. The van der Waals surface area contributed by atoms with Crippen molar-refractivity contribution < 1.29 is 9.13 Å². The second-order valence-electron chi connectivity index (χ2n) is 4.31. The molecule has 0 amide bonds. The van der Waals surface area contributed by atoms with Crippen molar-refractivity contribution in [1.82, 2.24) is 5.32 Å². The number of rotatable bonds is 4. The van der Waals surface area contributed by atoms with Gasteiger partial charge in [-0.25, -0.2) is 4.39 Å². The van der Waals surface area contributed by atoms with E-state index in [0.717, 1.165) is 36.2 Å². The van der Waals surface area contributed by atoms with E-state index in [1.807, 2.05) is 6.07 Å². The first-order valence-electron chi connectivity index (χ1n) is 5.99. The summed E-state index contributed by atoms with van der Waals surface area (Å²) >= 11 is 3.41. The van der Waals surface area contributed by atoms with E-state index < -0.39 is 0 Å². The number of ether oxygens (including phenoxy) is 1. The molecule has 17 heavy (non-hydrogen) atoms. The Labute approximate surface area is 110 Å². The molecule has 0 aliphatic carbocycles. The summed E-state index contributed by atoms with van der Waals surface area (Å²) in [6.45, 7) is 4.79. The molecule has 1 aromatic carbocycles. The van der Waals surface area contributed by atoms with Crippen molar-refractivity contribution in [2.75, 3.05) is 19.7 Å². The van der Waals surface area contributed by atoms with Crippen LogP contribution < -0.4 is 5.32 Å². The second-order valence-corrected chi connectivity index (χ2v) is 5.17. The molecular formula is C13H17BrFNO. The molecule has 0 saturated carbocycles. The molecule has 1 fully saturated rings. The maximum atomic E-state index is 13.1. The average Bonchev–Trinajstić information content (AvgIpc) is 2.74. The Morgan fingerprint density at radius 2 is 2.35 bits per heavy atom. The minimum absolute atomic E-state index is 0.0732. The zero-order chi connectivity index (χ0) is 12.3. The van der Waals surface area contributed by atoms with E-state index in [-0.39, 0.29) is 11.9 Å². The van der Waals surface area contributed by atoms with Gasteiger partial charge in [0.15, 0.2) is 0 Å². The summed E-state index contributed by atoms with van der Waals surface area (Å²) < 4.78 is 19.6. The first kappa shape index (κ1) is 13.0. The largest absolute Gasteiger partial charge is 0.373 e. The summed E-state index contributed by atoms with van der Waals surface area (Å²) in [5, 5.41) is 3.35. The van der Waals surface area contributed by atoms with Crippen molar-refractivity contribution in [2.24, 2.45) is 5.92 Å². The third-order valence-corrected chi connectivity index (χ3v) is 3.83. The predicted molar refractivity (Wildman–Crippen MR) is 69.4 cm³/mol. The smallest absolute Gasteiger partial charge is 0.124 e. The number of hydrogen-bond donors (Lipinski definition) is 1. The average molecular weight is 302 g/mol. The molecule has 0 spiro atoms. The third kappa shape index (κ3) is 3.06. The fourth-order valence-electron chi connectivity index (χ4n) is 2.25. The van der Waals surface area contributed by atoms with Crippen LogP contribution in [0.15, 0.2) is 22.7 Å². The van der Waals surface area contributed by atoms with Crippen molar-refractivity contribution in [1.29, 1.82) is 0 Å². The molecule has 0 bridgehead atoms. The van der Waals surface area contributed by atoms with Crippen molar-refractivity contribution in [2.45, 2.75) is 19.4 Å². The minimum Gasteiger partial charge on any atom is -0.373 e. The summed E-state index contributed by atoms with van der Waals surface area (Å²) in [5.41, 5.74) is 1.05. The van der Waals surface area contributed by atoms with Crippen LogP contribution in [0, 0.1) is 11.7 Å². The van der Waals surface area contributed by atoms with Gasteiger partial charge in [0.1, 0.15) is 5.82 Å². The van der Waals surface area contributed by atoms with Crippen LogP contribution in [0.1, 0.15) is 25.0 Å². The molecule has 2 atom stereocenters. The zero-order valence-electron chi connectivity index (χ0n) is 9.88. The van der Waals surface area contributed by atoms with Gasteiger partial charge >= 0.3 is 0 Å². The van der Waals surface area contributed by atoms with Gasteiger partial charge in [-0.2, -0.15) is 0 Å². The number of benzene rings is 1. The Hall–Kier alpha value is -0.450. The van der Waals surface area contributed by atoms with Crippen LogP contribution in [0.3, 0.4) is 0 Å². The molecule has 2 unspecified atom stereocenters. The van der Waals surface area contributed by atoms with E-state index in [1.165, 1.54) is 12.1 Å². The fourth-order valence-corrected chi connectivity index (χ4v) is 2.83. The van der Waals surface area contributed by atoms with Crippen molar-refractivity contribution in [3.8, 4) is 0 Å². The van der Waals surface area contributed by atoms with Crippen LogP contribution in [0.4, 0.5) is 4.39 Å². The first-order chi connectivity index (χ1) is 8.22. The molecule has 1 heterocycles. The third-order valence-electron chi connectivity index (χ3n) is 3.14. The summed E-state index contributed by atoms with van der Waals surface area (Å²) in [6.07, 6.45) is 1.13. The van der Waals surface area contributed by atoms with Crippen LogP contribution in [0.25, 0.3) is 0 Å². The van der Waals surface area contributed by atoms with Crippen LogP contribution >= 0.6 is 15.9 Å². The Balaban J connectivity index is 2.14. The molecule has 1 saturated heterocycles. The van der Waals surface area contributed by atoms with Gasteiger partial charge in [-0.15, -0.1) is 0 Å². The summed E-state index contributed by atoms with van der Waals surface area (Å²) in [5.74, 6) is 0.249. The lowest BCUT2D eigenvalue weighted by Crippen LogP contribution is -2.24. The SMILES string of the molecule is CCNCC1CCOC1c1ccc(F)cc1Br. The highest BCUT2D eigenvalue weighted by Gasteiger charge is 2.30. The van der Waals surface area contributed by atoms with Crippen LogP contribution in [-0.2, 0) is 4.74 Å². The number of halogens is 2. The number of hydrogen-bond acceptors (Lipinski definition) is 2. The standard InChI is InChI=1S/C13H17BrFNO/c1-2-16-8-9-5-6-17-13(9)11-4-3-10(15)7-12(11)14/h3-4,7,9,13,16H,2,5-6,8H2,1H3. The topological polar surface area (TPSA) is 21.3 Å². The summed E-state index contributed by atoms with van der Waals surface area (Å²) in [7, 11) is 0. The Morgan fingerprint density at radius 1 is 1.53 bits per heavy atom. The van der Waals surface area contributed by atoms with Gasteiger partial charge < -0.3 is 10.1 Å². The lowest BCUT2D eigenvalue weighted by atomic mass is 9.95. The van der Waals surface area contributed by atoms with Gasteiger partial charge in [0.25, 0.3) is 0 Å². The van der Waals surface area contributed by atoms with E-state index in [2.05, 4.69) is 28.2 Å². The monoisotopic (exact) mass is 301 g/mol. The van der Waals surface area contributed by atoms with Crippen LogP contribution in [-0.4, -0.2) is 19.7 Å². The number of nitrogens with one attached hydrogen (secondary N) is 1.